The molecule has 0 aliphatic carbocycles. The lowest BCUT2D eigenvalue weighted by molar-refractivity contribution is 0.501. The summed E-state index contributed by atoms with van der Waals surface area (Å²) in [5.74, 6) is 0.654. The molecule has 5 nitrogen and oxygen atoms in total. The maximum absolute atomic E-state index is 11.9. The first kappa shape index (κ1) is 15.4. The molecule has 0 aliphatic rings. The molecule has 102 valence electrons. The summed E-state index contributed by atoms with van der Waals surface area (Å²) >= 11 is 3.28. The molecule has 0 aliphatic heterocycles. The molecule has 0 saturated carbocycles. The lowest BCUT2D eigenvalue weighted by atomic mass is 10.4. The van der Waals surface area contributed by atoms with Gasteiger partial charge in [-0.2, -0.15) is 5.10 Å². The fourth-order valence-electron chi connectivity index (χ4n) is 1.43. The average molecular weight is 336 g/mol. The lowest BCUT2D eigenvalue weighted by Gasteiger charge is -2.12. The average Bonchev–Trinajstić information content (AvgIpc) is 2.29. The number of hydrogen-bond acceptors (Lipinski definition) is 4. The Kier molecular flexibility index (Phi) is 6.01. The normalized spacial score (nSPS) is 12.7. The monoisotopic (exact) mass is 335 g/mol. The van der Waals surface area contributed by atoms with E-state index in [2.05, 4.69) is 26.3 Å². The number of anilines is 1. The zero-order valence-electron chi connectivity index (χ0n) is 10.8. The van der Waals surface area contributed by atoms with Crippen LogP contribution in [-0.4, -0.2) is 32.5 Å². The van der Waals surface area contributed by atoms with Crippen molar-refractivity contribution >= 4 is 32.4 Å². The van der Waals surface area contributed by atoms with Crippen molar-refractivity contribution in [3.63, 3.8) is 0 Å². The van der Waals surface area contributed by atoms with Gasteiger partial charge in [-0.3, -0.25) is 9.00 Å². The van der Waals surface area contributed by atoms with E-state index >= 15 is 0 Å². The van der Waals surface area contributed by atoms with Crippen LogP contribution in [0.4, 0.5) is 5.69 Å². The Morgan fingerprint density at radius 3 is 2.78 bits per heavy atom. The van der Waals surface area contributed by atoms with Gasteiger partial charge in [0.25, 0.3) is 5.56 Å². The third kappa shape index (κ3) is 4.20. The van der Waals surface area contributed by atoms with Crippen LogP contribution in [0.25, 0.3) is 0 Å². The first-order chi connectivity index (χ1) is 8.43. The minimum Gasteiger partial charge on any atom is -0.383 e. The summed E-state index contributed by atoms with van der Waals surface area (Å²) in [6.07, 6.45) is 4.11. The SMILES string of the molecule is CC(C)n1ncc(NCCCS(C)=O)c(Br)c1=O. The van der Waals surface area contributed by atoms with Gasteiger partial charge in [-0.15, -0.1) is 0 Å². The van der Waals surface area contributed by atoms with E-state index in [1.54, 1.807) is 12.5 Å². The van der Waals surface area contributed by atoms with Crippen LogP contribution in [-0.2, 0) is 10.8 Å². The van der Waals surface area contributed by atoms with Crippen LogP contribution in [0.5, 0.6) is 0 Å². The van der Waals surface area contributed by atoms with E-state index in [-0.39, 0.29) is 11.6 Å². The number of aromatic nitrogens is 2. The molecule has 1 atom stereocenters. The highest BCUT2D eigenvalue weighted by atomic mass is 79.9. The van der Waals surface area contributed by atoms with Crippen LogP contribution < -0.4 is 10.9 Å². The Balaban J connectivity index is 2.71. The van der Waals surface area contributed by atoms with Gasteiger partial charge in [0.2, 0.25) is 0 Å². The Hall–Kier alpha value is -0.690. The fraction of sp³-hybridized carbons (Fsp3) is 0.636. The second-order valence-corrected chi connectivity index (χ2v) is 6.62. The number of rotatable bonds is 6. The van der Waals surface area contributed by atoms with Crippen molar-refractivity contribution in [2.45, 2.75) is 26.3 Å². The van der Waals surface area contributed by atoms with Gasteiger partial charge in [0.05, 0.1) is 17.9 Å². The lowest BCUT2D eigenvalue weighted by Crippen LogP contribution is -2.26. The van der Waals surface area contributed by atoms with E-state index < -0.39 is 10.8 Å². The van der Waals surface area contributed by atoms with Gasteiger partial charge < -0.3 is 5.32 Å². The van der Waals surface area contributed by atoms with Crippen molar-refractivity contribution in [1.29, 1.82) is 0 Å². The van der Waals surface area contributed by atoms with Crippen molar-refractivity contribution in [3.8, 4) is 0 Å². The smallest absolute Gasteiger partial charge is 0.283 e. The molecule has 0 bridgehead atoms. The van der Waals surface area contributed by atoms with Gasteiger partial charge in [0.1, 0.15) is 4.47 Å². The summed E-state index contributed by atoms with van der Waals surface area (Å²) in [7, 11) is -0.776. The molecule has 0 amide bonds. The van der Waals surface area contributed by atoms with E-state index in [1.807, 2.05) is 13.8 Å². The summed E-state index contributed by atoms with van der Waals surface area (Å²) in [6, 6.07) is 0.0327. The highest BCUT2D eigenvalue weighted by Crippen LogP contribution is 2.16. The Morgan fingerprint density at radius 1 is 1.56 bits per heavy atom. The molecule has 0 fully saturated rings. The molecule has 7 heteroatoms. The molecule has 0 spiro atoms. The number of nitrogens with one attached hydrogen (secondary N) is 1. The Labute approximate surface area is 118 Å². The minimum absolute atomic E-state index is 0.0327. The summed E-state index contributed by atoms with van der Waals surface area (Å²) in [5, 5.41) is 7.22. The highest BCUT2D eigenvalue weighted by Gasteiger charge is 2.10. The van der Waals surface area contributed by atoms with Gasteiger partial charge in [0, 0.05) is 29.4 Å². The topological polar surface area (TPSA) is 64.0 Å². The van der Waals surface area contributed by atoms with Gasteiger partial charge in [-0.25, -0.2) is 4.68 Å². The van der Waals surface area contributed by atoms with Crippen molar-refractivity contribution in [2.75, 3.05) is 23.9 Å². The largest absolute Gasteiger partial charge is 0.383 e. The molecular formula is C11H18BrN3O2S. The summed E-state index contributed by atoms with van der Waals surface area (Å²) in [5.41, 5.74) is 0.535. The van der Waals surface area contributed by atoms with Gasteiger partial charge >= 0.3 is 0 Å². The summed E-state index contributed by atoms with van der Waals surface area (Å²) < 4.78 is 12.8. The second-order valence-electron chi connectivity index (χ2n) is 4.27. The van der Waals surface area contributed by atoms with Crippen LogP contribution in [0.2, 0.25) is 0 Å². The van der Waals surface area contributed by atoms with Crippen molar-refractivity contribution in [3.05, 3.63) is 21.0 Å². The van der Waals surface area contributed by atoms with E-state index in [1.165, 1.54) is 4.68 Å². The molecule has 0 radical (unpaired) electrons. The zero-order valence-corrected chi connectivity index (χ0v) is 13.2. The van der Waals surface area contributed by atoms with E-state index in [0.29, 0.717) is 22.5 Å². The molecule has 18 heavy (non-hydrogen) atoms. The van der Waals surface area contributed by atoms with Gasteiger partial charge in [-0.1, -0.05) is 0 Å². The molecule has 0 aromatic carbocycles. The van der Waals surface area contributed by atoms with E-state index in [9.17, 15) is 9.00 Å². The molecule has 0 saturated heterocycles. The van der Waals surface area contributed by atoms with E-state index in [0.717, 1.165) is 6.42 Å². The predicted molar refractivity (Wildman–Crippen MR) is 78.6 cm³/mol. The summed E-state index contributed by atoms with van der Waals surface area (Å²) in [4.78, 5) is 11.9. The minimum atomic E-state index is -0.776. The van der Waals surface area contributed by atoms with Crippen molar-refractivity contribution in [2.24, 2.45) is 0 Å². The van der Waals surface area contributed by atoms with Crippen LogP contribution in [0.15, 0.2) is 15.5 Å². The van der Waals surface area contributed by atoms with E-state index in [4.69, 9.17) is 0 Å². The van der Waals surface area contributed by atoms with Gasteiger partial charge in [0.15, 0.2) is 0 Å². The number of nitrogens with zero attached hydrogens (tertiary/aromatic N) is 2. The molecule has 1 N–H and O–H groups in total. The van der Waals surface area contributed by atoms with Crippen molar-refractivity contribution < 1.29 is 4.21 Å². The second kappa shape index (κ2) is 7.04. The van der Waals surface area contributed by atoms with Gasteiger partial charge in [-0.05, 0) is 36.2 Å². The number of hydrogen-bond donors (Lipinski definition) is 1. The van der Waals surface area contributed by atoms with Crippen LogP contribution in [0, 0.1) is 0 Å². The van der Waals surface area contributed by atoms with Crippen molar-refractivity contribution in [1.82, 2.24) is 9.78 Å². The first-order valence-corrected chi connectivity index (χ1v) is 8.26. The third-order valence-corrected chi connectivity index (χ3v) is 3.99. The van der Waals surface area contributed by atoms with Crippen LogP contribution in [0.3, 0.4) is 0 Å². The first-order valence-electron chi connectivity index (χ1n) is 5.74. The standard InChI is InChI=1S/C11H18BrN3O2S/c1-8(2)15-11(16)10(12)9(7-14-15)13-5-4-6-18(3)17/h7-8,13H,4-6H2,1-3H3. The maximum atomic E-state index is 11.9. The molecule has 1 unspecified atom stereocenters. The third-order valence-electron chi connectivity index (χ3n) is 2.36. The van der Waals surface area contributed by atoms with Crippen LogP contribution >= 0.6 is 15.9 Å². The Morgan fingerprint density at radius 2 is 2.22 bits per heavy atom. The van der Waals surface area contributed by atoms with Crippen LogP contribution in [0.1, 0.15) is 26.3 Å². The maximum Gasteiger partial charge on any atom is 0.283 e. The zero-order chi connectivity index (χ0) is 13.7. The predicted octanol–water partition coefficient (Wildman–Crippen LogP) is 1.77. The molecule has 1 aromatic rings. The molecule has 1 rings (SSSR count). The fourth-order valence-corrected chi connectivity index (χ4v) is 2.41. The quantitative estimate of drug-likeness (QED) is 0.804. The molecular weight excluding hydrogens is 318 g/mol. The Bertz CT molecular complexity index is 488. The highest BCUT2D eigenvalue weighted by molar-refractivity contribution is 9.10. The summed E-state index contributed by atoms with van der Waals surface area (Å²) in [6.45, 7) is 4.49. The molecule has 1 aromatic heterocycles. The molecule has 1 heterocycles. The number of halogens is 1.